The standard InChI is InChI=1S/3C5H10NO.ClH.Ti/c3*1-3-6(4-2)5-7;;/h3*3-4H2,1-2H3;1H;/q3*-1;;+4/p-1. The van der Waals surface area contributed by atoms with Crippen molar-refractivity contribution in [1.29, 1.82) is 0 Å². The second kappa shape index (κ2) is 29.4. The first kappa shape index (κ1) is 30.3. The van der Waals surface area contributed by atoms with Crippen LogP contribution in [0.25, 0.3) is 0 Å². The molecule has 3 amide bonds. The Kier molecular flexibility index (Phi) is 38.8. The fourth-order valence-electron chi connectivity index (χ4n) is 1.06. The Labute approximate surface area is 157 Å². The van der Waals surface area contributed by atoms with Crippen LogP contribution in [0, 0.1) is 0 Å². The number of rotatable bonds is 9. The van der Waals surface area contributed by atoms with Crippen LogP contribution in [-0.2, 0) is 33.8 Å². The molecule has 0 fully saturated rings. The monoisotopic (exact) mass is 383 g/mol. The fourth-order valence-corrected chi connectivity index (χ4v) is 1.06. The van der Waals surface area contributed by atoms with Gasteiger partial charge in [0.05, 0.1) is 0 Å². The molecule has 0 bridgehead atoms. The molecule has 0 heterocycles. The molecule has 134 valence electrons. The predicted octanol–water partition coefficient (Wildman–Crippen LogP) is 1.87. The third kappa shape index (κ3) is 26.6. The van der Waals surface area contributed by atoms with Gasteiger partial charge in [-0.25, -0.2) is 0 Å². The van der Waals surface area contributed by atoms with Crippen molar-refractivity contribution < 1.29 is 33.8 Å². The summed E-state index contributed by atoms with van der Waals surface area (Å²) in [6, 6.07) is 0. The molecule has 0 aromatic carbocycles. The van der Waals surface area contributed by atoms with Crippen molar-refractivity contribution in [1.82, 2.24) is 14.7 Å². The van der Waals surface area contributed by atoms with Gasteiger partial charge in [0.2, 0.25) is 0 Å². The minimum atomic E-state index is 0.764. The van der Waals surface area contributed by atoms with Crippen molar-refractivity contribution in [3.05, 3.63) is 0 Å². The average molecular weight is 384 g/mol. The summed E-state index contributed by atoms with van der Waals surface area (Å²) in [5.74, 6) is 0. The maximum atomic E-state index is 9.77. The summed E-state index contributed by atoms with van der Waals surface area (Å²) in [5.41, 5.74) is 0. The summed E-state index contributed by atoms with van der Waals surface area (Å²) in [6.45, 7) is 16.1. The Balaban J connectivity index is -0.000000111. The minimum absolute atomic E-state index is 0.764. The summed E-state index contributed by atoms with van der Waals surface area (Å²) < 4.78 is 0. The Morgan fingerprint density at radius 2 is 0.696 bits per heavy atom. The summed E-state index contributed by atoms with van der Waals surface area (Å²) >= 11 is 1.47. The molecule has 8 heteroatoms. The topological polar surface area (TPSA) is 60.9 Å². The summed E-state index contributed by atoms with van der Waals surface area (Å²) in [5, 5.41) is 0. The molecule has 23 heavy (non-hydrogen) atoms. The normalized spacial score (nSPS) is 7.87. The number of amides is 3. The van der Waals surface area contributed by atoms with Gasteiger partial charge in [-0.3, -0.25) is 0 Å². The van der Waals surface area contributed by atoms with Crippen molar-refractivity contribution in [2.45, 2.75) is 41.5 Å². The first-order valence-electron chi connectivity index (χ1n) is 7.61. The second-order valence-electron chi connectivity index (χ2n) is 3.79. The van der Waals surface area contributed by atoms with Gasteiger partial charge in [0.1, 0.15) is 0 Å². The van der Waals surface area contributed by atoms with Crippen LogP contribution >= 0.6 is 9.30 Å². The maximum absolute atomic E-state index is 9.77. The van der Waals surface area contributed by atoms with Crippen LogP contribution < -0.4 is 0 Å². The molecule has 0 aliphatic rings. The van der Waals surface area contributed by atoms with Gasteiger partial charge < -0.3 is 29.1 Å². The molecular weight excluding hydrogens is 354 g/mol. The molecule has 6 nitrogen and oxygen atoms in total. The molecule has 0 radical (unpaired) electrons. The molecule has 0 N–H and O–H groups in total. The molecular formula is C15H30ClN3O3Ti. The van der Waals surface area contributed by atoms with E-state index in [9.17, 15) is 14.4 Å². The first-order valence-corrected chi connectivity index (χ1v) is 9.76. The van der Waals surface area contributed by atoms with E-state index in [0.717, 1.165) is 39.3 Å². The van der Waals surface area contributed by atoms with Gasteiger partial charge >= 0.3 is 28.7 Å². The predicted molar refractivity (Wildman–Crippen MR) is 91.7 cm³/mol. The van der Waals surface area contributed by atoms with Crippen LogP contribution in [-0.4, -0.2) is 73.2 Å². The van der Waals surface area contributed by atoms with Crippen molar-refractivity contribution in [2.24, 2.45) is 0 Å². The van der Waals surface area contributed by atoms with Gasteiger partial charge in [0, 0.05) is 0 Å². The second-order valence-corrected chi connectivity index (χ2v) is 3.79. The molecule has 0 aromatic rings. The third-order valence-electron chi connectivity index (χ3n) is 2.68. The van der Waals surface area contributed by atoms with E-state index >= 15 is 0 Å². The molecule has 0 aromatic heterocycles. The van der Waals surface area contributed by atoms with Crippen LogP contribution in [0.2, 0.25) is 0 Å². The van der Waals surface area contributed by atoms with E-state index in [1.807, 2.05) is 41.5 Å². The van der Waals surface area contributed by atoms with Gasteiger partial charge in [0.25, 0.3) is 0 Å². The van der Waals surface area contributed by atoms with Gasteiger partial charge in [-0.2, -0.15) is 19.2 Å². The molecule has 0 aliphatic carbocycles. The molecule has 0 rings (SSSR count). The Bertz CT molecular complexity index is 200. The zero-order valence-electron chi connectivity index (χ0n) is 15.2. The summed E-state index contributed by atoms with van der Waals surface area (Å²) in [6.07, 6.45) is 5.35. The number of hydrogen-bond acceptors (Lipinski definition) is 3. The van der Waals surface area contributed by atoms with E-state index in [2.05, 4.69) is 9.30 Å². The zero-order valence-corrected chi connectivity index (χ0v) is 17.5. The number of nitrogens with zero attached hydrogens (tertiary/aromatic N) is 3. The van der Waals surface area contributed by atoms with Crippen LogP contribution in [0.4, 0.5) is 0 Å². The van der Waals surface area contributed by atoms with E-state index in [4.69, 9.17) is 0 Å². The SMILES string of the molecule is CCN([C-]=O)CC.CCN([C-]=O)CC.CCN([C-]=O)CC.[Cl][Ti+3]. The Morgan fingerprint density at radius 1 is 0.565 bits per heavy atom. The van der Waals surface area contributed by atoms with Gasteiger partial charge in [-0.1, -0.05) is 41.5 Å². The van der Waals surface area contributed by atoms with Crippen LogP contribution in [0.1, 0.15) is 41.5 Å². The van der Waals surface area contributed by atoms with Crippen molar-refractivity contribution in [3.8, 4) is 0 Å². The van der Waals surface area contributed by atoms with Gasteiger partial charge in [0.15, 0.2) is 0 Å². The van der Waals surface area contributed by atoms with E-state index < -0.39 is 0 Å². The third-order valence-corrected chi connectivity index (χ3v) is 2.68. The Morgan fingerprint density at radius 3 is 0.696 bits per heavy atom. The Hall–Kier alpha value is -0.586. The van der Waals surface area contributed by atoms with Crippen molar-refractivity contribution in [2.75, 3.05) is 39.3 Å². The molecule has 0 atom stereocenters. The zero-order chi connectivity index (χ0) is 19.1. The van der Waals surface area contributed by atoms with Crippen molar-refractivity contribution >= 4 is 28.5 Å². The molecule has 0 spiro atoms. The van der Waals surface area contributed by atoms with E-state index in [0.29, 0.717) is 0 Å². The molecule has 0 aliphatic heterocycles. The van der Waals surface area contributed by atoms with E-state index in [1.54, 1.807) is 33.9 Å². The summed E-state index contributed by atoms with van der Waals surface area (Å²) in [4.78, 5) is 34.0. The van der Waals surface area contributed by atoms with Crippen LogP contribution in [0.3, 0.4) is 0 Å². The van der Waals surface area contributed by atoms with E-state index in [-0.39, 0.29) is 0 Å². The molecule has 0 saturated heterocycles. The van der Waals surface area contributed by atoms with Crippen molar-refractivity contribution in [3.63, 3.8) is 0 Å². The molecule has 0 saturated carbocycles. The average Bonchev–Trinajstić information content (AvgIpc) is 2.62. The molecule has 0 unspecified atom stereocenters. The fraction of sp³-hybridized carbons (Fsp3) is 0.800. The van der Waals surface area contributed by atoms with Gasteiger partial charge in [-0.15, -0.1) is 0 Å². The number of hydrogen-bond donors (Lipinski definition) is 0. The van der Waals surface area contributed by atoms with Gasteiger partial charge in [-0.05, 0) is 39.3 Å². The van der Waals surface area contributed by atoms with Crippen LogP contribution in [0.15, 0.2) is 0 Å². The number of halogens is 1. The summed E-state index contributed by atoms with van der Waals surface area (Å²) in [7, 11) is 4.64. The number of carbonyl (C=O) groups excluding carboxylic acids is 3. The van der Waals surface area contributed by atoms with Crippen LogP contribution in [0.5, 0.6) is 0 Å². The first-order chi connectivity index (χ1) is 11.0. The quantitative estimate of drug-likeness (QED) is 0.347. The van der Waals surface area contributed by atoms with E-state index in [1.165, 1.54) is 19.4 Å².